The molecule has 0 fully saturated rings. The molecule has 2 nitrogen and oxygen atoms in total. The normalized spacial score (nSPS) is 12.4. The van der Waals surface area contributed by atoms with Gasteiger partial charge in [-0.3, -0.25) is 4.98 Å². The highest BCUT2D eigenvalue weighted by atomic mass is 79.9. The van der Waals surface area contributed by atoms with Crippen molar-refractivity contribution in [2.45, 2.75) is 19.5 Å². The lowest BCUT2D eigenvalue weighted by Gasteiger charge is -2.14. The summed E-state index contributed by atoms with van der Waals surface area (Å²) in [5.41, 5.74) is 2.02. The van der Waals surface area contributed by atoms with Gasteiger partial charge in [0, 0.05) is 29.5 Å². The first kappa shape index (κ1) is 13.2. The third kappa shape index (κ3) is 3.37. The molecule has 0 aliphatic heterocycles. The number of hydrogen-bond acceptors (Lipinski definition) is 2. The molecule has 0 bridgehead atoms. The van der Waals surface area contributed by atoms with Gasteiger partial charge in [-0.05, 0) is 42.3 Å². The summed E-state index contributed by atoms with van der Waals surface area (Å²) in [6.45, 7) is 2.67. The third-order valence-corrected chi connectivity index (χ3v) is 3.56. The molecule has 0 radical (unpaired) electrons. The Balaban J connectivity index is 2.01. The summed E-state index contributed by atoms with van der Waals surface area (Å²) >= 11 is 3.42. The number of nitrogens with one attached hydrogen (secondary N) is 1. The minimum absolute atomic E-state index is 0.175. The monoisotopic (exact) mass is 308 g/mol. The third-order valence-electron chi connectivity index (χ3n) is 2.79. The lowest BCUT2D eigenvalue weighted by Crippen LogP contribution is -2.18. The van der Waals surface area contributed by atoms with Crippen LogP contribution >= 0.6 is 15.9 Å². The van der Waals surface area contributed by atoms with Crippen molar-refractivity contribution in [2.24, 2.45) is 0 Å². The summed E-state index contributed by atoms with van der Waals surface area (Å²) < 4.78 is 14.0. The molecule has 18 heavy (non-hydrogen) atoms. The number of pyridine rings is 1. The fourth-order valence-electron chi connectivity index (χ4n) is 1.69. The van der Waals surface area contributed by atoms with Gasteiger partial charge in [-0.2, -0.15) is 0 Å². The van der Waals surface area contributed by atoms with E-state index in [1.165, 1.54) is 12.1 Å². The van der Waals surface area contributed by atoms with Crippen molar-refractivity contribution in [3.63, 3.8) is 0 Å². The molecule has 1 heterocycles. The zero-order valence-electron chi connectivity index (χ0n) is 10.0. The van der Waals surface area contributed by atoms with E-state index in [9.17, 15) is 4.39 Å². The fourth-order valence-corrected chi connectivity index (χ4v) is 2.08. The van der Waals surface area contributed by atoms with E-state index in [0.717, 1.165) is 15.6 Å². The van der Waals surface area contributed by atoms with E-state index >= 15 is 0 Å². The van der Waals surface area contributed by atoms with Crippen LogP contribution in [-0.2, 0) is 6.54 Å². The number of aromatic nitrogens is 1. The van der Waals surface area contributed by atoms with Gasteiger partial charge in [0.25, 0.3) is 0 Å². The van der Waals surface area contributed by atoms with Crippen LogP contribution in [0.15, 0.2) is 47.2 Å². The van der Waals surface area contributed by atoms with Crippen LogP contribution in [0.4, 0.5) is 4.39 Å². The minimum Gasteiger partial charge on any atom is -0.306 e. The molecule has 94 valence electrons. The Morgan fingerprint density at radius 1 is 1.39 bits per heavy atom. The second kappa shape index (κ2) is 6.07. The van der Waals surface area contributed by atoms with Crippen molar-refractivity contribution in [3.05, 3.63) is 64.1 Å². The molecule has 0 aliphatic carbocycles. The topological polar surface area (TPSA) is 24.9 Å². The molecule has 1 aromatic carbocycles. The zero-order valence-corrected chi connectivity index (χ0v) is 11.6. The quantitative estimate of drug-likeness (QED) is 0.928. The second-order valence-corrected chi connectivity index (χ2v) is 4.98. The molecule has 0 amide bonds. The summed E-state index contributed by atoms with van der Waals surface area (Å²) in [4.78, 5) is 4.08. The van der Waals surface area contributed by atoms with Crippen molar-refractivity contribution in [1.29, 1.82) is 0 Å². The Bertz CT molecular complexity index is 516. The molecule has 4 heteroatoms. The van der Waals surface area contributed by atoms with Gasteiger partial charge in [0.05, 0.1) is 0 Å². The SMILES string of the molecule is CC(NCc1cc(F)ccc1Br)c1cccnc1. The van der Waals surface area contributed by atoms with Gasteiger partial charge in [-0.25, -0.2) is 4.39 Å². The largest absolute Gasteiger partial charge is 0.306 e. The maximum Gasteiger partial charge on any atom is 0.123 e. The van der Waals surface area contributed by atoms with Crippen LogP contribution in [0.3, 0.4) is 0 Å². The van der Waals surface area contributed by atoms with Crippen LogP contribution in [0.25, 0.3) is 0 Å². The van der Waals surface area contributed by atoms with E-state index in [0.29, 0.717) is 6.54 Å². The summed E-state index contributed by atoms with van der Waals surface area (Å²) in [5.74, 6) is -0.218. The Labute approximate surface area is 114 Å². The van der Waals surface area contributed by atoms with Crippen molar-refractivity contribution in [3.8, 4) is 0 Å². The van der Waals surface area contributed by atoms with E-state index in [-0.39, 0.29) is 11.9 Å². The van der Waals surface area contributed by atoms with Gasteiger partial charge in [0.15, 0.2) is 0 Å². The Hall–Kier alpha value is -1.26. The molecule has 2 rings (SSSR count). The predicted octanol–water partition coefficient (Wildman–Crippen LogP) is 3.83. The fraction of sp³-hybridized carbons (Fsp3) is 0.214. The molecule has 0 saturated carbocycles. The first-order valence-electron chi connectivity index (χ1n) is 5.74. The molecule has 2 aromatic rings. The van der Waals surface area contributed by atoms with E-state index in [1.54, 1.807) is 12.3 Å². The van der Waals surface area contributed by atoms with E-state index < -0.39 is 0 Å². The van der Waals surface area contributed by atoms with Crippen LogP contribution < -0.4 is 5.32 Å². The molecule has 1 N–H and O–H groups in total. The van der Waals surface area contributed by atoms with Crippen molar-refractivity contribution in [1.82, 2.24) is 10.3 Å². The molecular formula is C14H14BrFN2. The second-order valence-electron chi connectivity index (χ2n) is 4.12. The maximum atomic E-state index is 13.1. The highest BCUT2D eigenvalue weighted by molar-refractivity contribution is 9.10. The van der Waals surface area contributed by atoms with Crippen LogP contribution in [0.2, 0.25) is 0 Å². The molecular weight excluding hydrogens is 295 g/mol. The number of nitrogens with zero attached hydrogens (tertiary/aromatic N) is 1. The van der Waals surface area contributed by atoms with Gasteiger partial charge in [0.2, 0.25) is 0 Å². The molecule has 0 saturated heterocycles. The summed E-state index contributed by atoms with van der Waals surface area (Å²) in [6, 6.07) is 8.80. The lowest BCUT2D eigenvalue weighted by molar-refractivity contribution is 0.566. The highest BCUT2D eigenvalue weighted by Gasteiger charge is 2.06. The summed E-state index contributed by atoms with van der Waals surface area (Å²) in [7, 11) is 0. The standard InChI is InChI=1S/C14H14BrFN2/c1-10(11-3-2-6-17-8-11)18-9-12-7-13(16)4-5-14(12)15/h2-8,10,18H,9H2,1H3. The van der Waals surface area contributed by atoms with Crippen LogP contribution in [0, 0.1) is 5.82 Å². The number of halogens is 2. The number of hydrogen-bond donors (Lipinski definition) is 1. The average Bonchev–Trinajstić information content (AvgIpc) is 2.40. The Morgan fingerprint density at radius 3 is 2.94 bits per heavy atom. The van der Waals surface area contributed by atoms with Crippen molar-refractivity contribution >= 4 is 15.9 Å². The van der Waals surface area contributed by atoms with Gasteiger partial charge < -0.3 is 5.32 Å². The molecule has 1 unspecified atom stereocenters. The smallest absolute Gasteiger partial charge is 0.123 e. The molecule has 1 aromatic heterocycles. The first-order chi connectivity index (χ1) is 8.66. The Morgan fingerprint density at radius 2 is 2.22 bits per heavy atom. The summed E-state index contributed by atoms with van der Waals surface area (Å²) in [5, 5.41) is 3.35. The highest BCUT2D eigenvalue weighted by Crippen LogP contribution is 2.19. The van der Waals surface area contributed by atoms with Crippen LogP contribution in [0.5, 0.6) is 0 Å². The van der Waals surface area contributed by atoms with E-state index in [4.69, 9.17) is 0 Å². The zero-order chi connectivity index (χ0) is 13.0. The maximum absolute atomic E-state index is 13.1. The van der Waals surface area contributed by atoms with Gasteiger partial charge in [0.1, 0.15) is 5.82 Å². The van der Waals surface area contributed by atoms with E-state index in [1.807, 2.05) is 18.3 Å². The minimum atomic E-state index is -0.218. The summed E-state index contributed by atoms with van der Waals surface area (Å²) in [6.07, 6.45) is 3.58. The predicted molar refractivity (Wildman–Crippen MR) is 73.6 cm³/mol. The molecule has 0 spiro atoms. The number of benzene rings is 1. The average molecular weight is 309 g/mol. The van der Waals surface area contributed by atoms with Crippen LogP contribution in [-0.4, -0.2) is 4.98 Å². The van der Waals surface area contributed by atoms with Crippen molar-refractivity contribution in [2.75, 3.05) is 0 Å². The molecule has 1 atom stereocenters. The molecule has 0 aliphatic rings. The number of rotatable bonds is 4. The van der Waals surface area contributed by atoms with E-state index in [2.05, 4.69) is 33.2 Å². The van der Waals surface area contributed by atoms with Gasteiger partial charge in [-0.15, -0.1) is 0 Å². The van der Waals surface area contributed by atoms with Crippen LogP contribution in [0.1, 0.15) is 24.1 Å². The van der Waals surface area contributed by atoms with Gasteiger partial charge in [-0.1, -0.05) is 22.0 Å². The van der Waals surface area contributed by atoms with Gasteiger partial charge >= 0.3 is 0 Å². The van der Waals surface area contributed by atoms with Crippen molar-refractivity contribution < 1.29 is 4.39 Å². The lowest BCUT2D eigenvalue weighted by atomic mass is 10.1. The Kier molecular flexibility index (Phi) is 4.44. The first-order valence-corrected chi connectivity index (χ1v) is 6.53.